The van der Waals surface area contributed by atoms with Crippen LogP contribution in [-0.2, 0) is 9.47 Å². The summed E-state index contributed by atoms with van der Waals surface area (Å²) in [5, 5.41) is 0. The molecule has 0 aromatic rings. The molecule has 0 aromatic heterocycles. The van der Waals surface area contributed by atoms with E-state index in [1.165, 1.54) is 0 Å². The summed E-state index contributed by atoms with van der Waals surface area (Å²) >= 11 is 0. The van der Waals surface area contributed by atoms with Crippen LogP contribution < -0.4 is 0 Å². The lowest BCUT2D eigenvalue weighted by Crippen LogP contribution is -2.31. The maximum Gasteiger partial charge on any atom is 0.390 e. The number of halogens is 3. The Kier molecular flexibility index (Phi) is 5.51. The third-order valence-electron chi connectivity index (χ3n) is 2.42. The van der Waals surface area contributed by atoms with Crippen molar-refractivity contribution < 1.29 is 22.6 Å². The molecule has 0 bridgehead atoms. The van der Waals surface area contributed by atoms with Crippen molar-refractivity contribution in [1.82, 2.24) is 4.90 Å². The van der Waals surface area contributed by atoms with E-state index in [9.17, 15) is 13.2 Å². The second kappa shape index (κ2) is 6.42. The highest BCUT2D eigenvalue weighted by molar-refractivity contribution is 4.60. The number of hydrogen-bond donors (Lipinski definition) is 0. The second-order valence-electron chi connectivity index (χ2n) is 3.98. The fourth-order valence-electron chi connectivity index (χ4n) is 1.46. The lowest BCUT2D eigenvalue weighted by Gasteiger charge is -2.25. The molecular weight excluding hydrogens is 223 g/mol. The molecule has 1 fully saturated rings. The Morgan fingerprint density at radius 3 is 2.38 bits per heavy atom. The van der Waals surface area contributed by atoms with Crippen LogP contribution in [-0.4, -0.2) is 50.7 Å². The number of ether oxygens (including phenoxy) is 2. The molecule has 0 radical (unpaired) electrons. The van der Waals surface area contributed by atoms with Gasteiger partial charge in [-0.15, -0.1) is 0 Å². The van der Waals surface area contributed by atoms with Crippen LogP contribution in [0.2, 0.25) is 0 Å². The molecule has 0 unspecified atom stereocenters. The molecule has 1 aliphatic heterocycles. The fraction of sp³-hybridized carbons (Fsp3) is 1.00. The zero-order valence-electron chi connectivity index (χ0n) is 9.42. The van der Waals surface area contributed by atoms with Gasteiger partial charge in [0.25, 0.3) is 0 Å². The number of nitrogens with zero attached hydrogens (tertiary/aromatic N) is 1. The van der Waals surface area contributed by atoms with Crippen molar-refractivity contribution in [2.45, 2.75) is 31.7 Å². The Morgan fingerprint density at radius 2 is 1.81 bits per heavy atom. The van der Waals surface area contributed by atoms with E-state index in [0.29, 0.717) is 26.2 Å². The maximum atomic E-state index is 11.9. The maximum absolute atomic E-state index is 11.9. The van der Waals surface area contributed by atoms with E-state index in [1.54, 1.807) is 11.9 Å². The van der Waals surface area contributed by atoms with Crippen LogP contribution in [0.25, 0.3) is 0 Å². The lowest BCUT2D eigenvalue weighted by atomic mass is 10.3. The van der Waals surface area contributed by atoms with Crippen molar-refractivity contribution in [3.8, 4) is 0 Å². The molecule has 1 heterocycles. The number of alkyl halides is 3. The summed E-state index contributed by atoms with van der Waals surface area (Å²) in [5.41, 5.74) is 0. The Labute approximate surface area is 93.5 Å². The number of hydrogen-bond acceptors (Lipinski definition) is 3. The molecule has 1 saturated heterocycles. The van der Waals surface area contributed by atoms with Crippen LogP contribution >= 0.6 is 0 Å². The Bertz CT molecular complexity index is 193. The predicted molar refractivity (Wildman–Crippen MR) is 53.1 cm³/mol. The van der Waals surface area contributed by atoms with E-state index >= 15 is 0 Å². The molecule has 3 nitrogen and oxygen atoms in total. The fourth-order valence-corrected chi connectivity index (χ4v) is 1.46. The van der Waals surface area contributed by atoms with Crippen LogP contribution in [0.4, 0.5) is 13.2 Å². The van der Waals surface area contributed by atoms with Gasteiger partial charge in [0.15, 0.2) is 6.29 Å². The smallest absolute Gasteiger partial charge is 0.353 e. The first-order valence-corrected chi connectivity index (χ1v) is 5.46. The van der Waals surface area contributed by atoms with E-state index in [2.05, 4.69) is 0 Å². The minimum absolute atomic E-state index is 0.0240. The zero-order chi connectivity index (χ0) is 12.0. The van der Waals surface area contributed by atoms with E-state index in [1.807, 2.05) is 0 Å². The summed E-state index contributed by atoms with van der Waals surface area (Å²) in [7, 11) is 1.68. The van der Waals surface area contributed by atoms with Crippen LogP contribution in [0.5, 0.6) is 0 Å². The molecule has 0 atom stereocenters. The molecule has 1 rings (SSSR count). The van der Waals surface area contributed by atoms with Gasteiger partial charge in [0.05, 0.1) is 19.6 Å². The summed E-state index contributed by atoms with van der Waals surface area (Å²) in [6.07, 6.45) is -3.58. The van der Waals surface area contributed by atoms with Crippen LogP contribution in [0.3, 0.4) is 0 Å². The van der Waals surface area contributed by atoms with Crippen molar-refractivity contribution in [2.75, 3.05) is 33.4 Å². The quantitative estimate of drug-likeness (QED) is 0.735. The van der Waals surface area contributed by atoms with Gasteiger partial charge in [0.2, 0.25) is 0 Å². The highest BCUT2D eigenvalue weighted by Crippen LogP contribution is 2.19. The van der Waals surface area contributed by atoms with Gasteiger partial charge in [0.1, 0.15) is 0 Å². The molecule has 0 N–H and O–H groups in total. The monoisotopic (exact) mass is 241 g/mol. The van der Waals surface area contributed by atoms with Crippen LogP contribution in [0.15, 0.2) is 0 Å². The van der Waals surface area contributed by atoms with Gasteiger partial charge in [-0.25, -0.2) is 0 Å². The molecule has 96 valence electrons. The minimum atomic E-state index is -4.08. The summed E-state index contributed by atoms with van der Waals surface area (Å²) in [6, 6.07) is 0. The first kappa shape index (κ1) is 13.7. The topological polar surface area (TPSA) is 21.7 Å². The average Bonchev–Trinajstić information content (AvgIpc) is 2.24. The SMILES string of the molecule is CN(CCC1OCCCO1)CCC(F)(F)F. The summed E-state index contributed by atoms with van der Waals surface area (Å²) in [5.74, 6) is 0. The molecule has 0 aromatic carbocycles. The molecule has 0 amide bonds. The van der Waals surface area contributed by atoms with E-state index in [-0.39, 0.29) is 12.8 Å². The Morgan fingerprint density at radius 1 is 1.19 bits per heavy atom. The largest absolute Gasteiger partial charge is 0.390 e. The summed E-state index contributed by atoms with van der Waals surface area (Å²) in [6.45, 7) is 1.94. The van der Waals surface area contributed by atoms with Crippen molar-refractivity contribution in [3.05, 3.63) is 0 Å². The number of rotatable bonds is 5. The summed E-state index contributed by atoms with van der Waals surface area (Å²) in [4.78, 5) is 1.65. The highest BCUT2D eigenvalue weighted by Gasteiger charge is 2.27. The van der Waals surface area contributed by atoms with Gasteiger partial charge >= 0.3 is 6.18 Å². The van der Waals surface area contributed by atoms with Gasteiger partial charge in [0, 0.05) is 19.5 Å². The molecule has 6 heteroatoms. The third kappa shape index (κ3) is 6.30. The van der Waals surface area contributed by atoms with Crippen molar-refractivity contribution >= 4 is 0 Å². The van der Waals surface area contributed by atoms with Gasteiger partial charge in [-0.2, -0.15) is 13.2 Å². The van der Waals surface area contributed by atoms with E-state index in [0.717, 1.165) is 6.42 Å². The van der Waals surface area contributed by atoms with Crippen LogP contribution in [0.1, 0.15) is 19.3 Å². The Balaban J connectivity index is 2.07. The van der Waals surface area contributed by atoms with Crippen molar-refractivity contribution in [3.63, 3.8) is 0 Å². The van der Waals surface area contributed by atoms with Gasteiger partial charge in [-0.05, 0) is 13.5 Å². The molecule has 0 aliphatic carbocycles. The highest BCUT2D eigenvalue weighted by atomic mass is 19.4. The summed E-state index contributed by atoms with van der Waals surface area (Å²) < 4.78 is 46.4. The van der Waals surface area contributed by atoms with Gasteiger partial charge < -0.3 is 14.4 Å². The van der Waals surface area contributed by atoms with Crippen molar-refractivity contribution in [2.24, 2.45) is 0 Å². The van der Waals surface area contributed by atoms with E-state index in [4.69, 9.17) is 9.47 Å². The second-order valence-corrected chi connectivity index (χ2v) is 3.98. The van der Waals surface area contributed by atoms with Crippen molar-refractivity contribution in [1.29, 1.82) is 0 Å². The first-order chi connectivity index (χ1) is 7.47. The first-order valence-electron chi connectivity index (χ1n) is 5.46. The standard InChI is InChI=1S/C10H18F3NO2/c1-14(6-4-10(11,12)13)5-3-9-15-7-2-8-16-9/h9H,2-8H2,1H3. The lowest BCUT2D eigenvalue weighted by molar-refractivity contribution is -0.182. The molecular formula is C10H18F3NO2. The molecule has 0 spiro atoms. The molecule has 1 aliphatic rings. The molecule has 0 saturated carbocycles. The molecule has 16 heavy (non-hydrogen) atoms. The van der Waals surface area contributed by atoms with Gasteiger partial charge in [-0.1, -0.05) is 0 Å². The predicted octanol–water partition coefficient (Wildman–Crippen LogP) is 2.02. The average molecular weight is 241 g/mol. The van der Waals surface area contributed by atoms with Gasteiger partial charge in [-0.3, -0.25) is 0 Å². The van der Waals surface area contributed by atoms with Crippen LogP contribution in [0, 0.1) is 0 Å². The zero-order valence-corrected chi connectivity index (χ0v) is 9.42. The van der Waals surface area contributed by atoms with E-state index < -0.39 is 12.6 Å². The Hall–Kier alpha value is -0.330. The third-order valence-corrected chi connectivity index (χ3v) is 2.42. The minimum Gasteiger partial charge on any atom is -0.353 e. The normalized spacial score (nSPS) is 19.3.